The van der Waals surface area contributed by atoms with Gasteiger partial charge in [0.05, 0.1) is 18.5 Å². The molecular formula is C18H20N2O. The number of nitrogens with zero attached hydrogens (tertiary/aromatic N) is 2. The van der Waals surface area contributed by atoms with Gasteiger partial charge in [-0.2, -0.15) is 0 Å². The number of allylic oxidation sites excluding steroid dienone is 2. The second-order valence-corrected chi connectivity index (χ2v) is 5.05. The number of ether oxygens (including phenoxy) is 1. The Kier molecular flexibility index (Phi) is 4.53. The van der Waals surface area contributed by atoms with Gasteiger partial charge in [-0.1, -0.05) is 30.4 Å². The third-order valence-electron chi connectivity index (χ3n) is 3.30. The van der Waals surface area contributed by atoms with Gasteiger partial charge >= 0.3 is 0 Å². The van der Waals surface area contributed by atoms with Crippen LogP contribution < -0.4 is 4.74 Å². The molecule has 0 saturated heterocycles. The topological polar surface area (TPSA) is 35.0 Å². The highest BCUT2D eigenvalue weighted by atomic mass is 16.5. The third-order valence-corrected chi connectivity index (χ3v) is 3.30. The first kappa shape index (κ1) is 15.0. The second kappa shape index (κ2) is 6.35. The van der Waals surface area contributed by atoms with Crippen LogP contribution in [0.2, 0.25) is 0 Å². The van der Waals surface area contributed by atoms with Crippen LogP contribution in [0, 0.1) is 13.8 Å². The maximum absolute atomic E-state index is 5.18. The SMILES string of the molecule is C=C(C)C=Cc1cc(-c2cccc(OC)n2)nc(C)c1C. The Balaban J connectivity index is 2.52. The van der Waals surface area contributed by atoms with Gasteiger partial charge in [0, 0.05) is 11.8 Å². The third kappa shape index (κ3) is 3.57. The van der Waals surface area contributed by atoms with E-state index >= 15 is 0 Å². The van der Waals surface area contributed by atoms with Crippen molar-refractivity contribution in [1.29, 1.82) is 0 Å². The number of rotatable bonds is 4. The van der Waals surface area contributed by atoms with Crippen LogP contribution in [0.4, 0.5) is 0 Å². The lowest BCUT2D eigenvalue weighted by Gasteiger charge is -2.09. The first-order valence-corrected chi connectivity index (χ1v) is 6.84. The monoisotopic (exact) mass is 280 g/mol. The molecule has 2 rings (SSSR count). The summed E-state index contributed by atoms with van der Waals surface area (Å²) in [6.07, 6.45) is 4.07. The fourth-order valence-corrected chi connectivity index (χ4v) is 1.97. The molecule has 0 aromatic carbocycles. The molecule has 108 valence electrons. The van der Waals surface area contributed by atoms with Crippen molar-refractivity contribution in [3.63, 3.8) is 0 Å². The molecule has 0 unspecified atom stereocenters. The Hall–Kier alpha value is -2.42. The summed E-state index contributed by atoms with van der Waals surface area (Å²) >= 11 is 0. The van der Waals surface area contributed by atoms with Crippen molar-refractivity contribution in [2.75, 3.05) is 7.11 Å². The van der Waals surface area contributed by atoms with Crippen LogP contribution in [0.15, 0.2) is 42.5 Å². The zero-order chi connectivity index (χ0) is 15.4. The minimum Gasteiger partial charge on any atom is -0.481 e. The number of methoxy groups -OCH3 is 1. The highest BCUT2D eigenvalue weighted by molar-refractivity contribution is 5.65. The summed E-state index contributed by atoms with van der Waals surface area (Å²) in [5, 5.41) is 0. The fourth-order valence-electron chi connectivity index (χ4n) is 1.97. The van der Waals surface area contributed by atoms with Gasteiger partial charge in [0.2, 0.25) is 5.88 Å². The van der Waals surface area contributed by atoms with E-state index in [-0.39, 0.29) is 0 Å². The first-order valence-electron chi connectivity index (χ1n) is 6.84. The highest BCUT2D eigenvalue weighted by Crippen LogP contribution is 2.23. The van der Waals surface area contributed by atoms with Crippen molar-refractivity contribution in [3.8, 4) is 17.3 Å². The van der Waals surface area contributed by atoms with Gasteiger partial charge in [0.15, 0.2) is 0 Å². The standard InChI is InChI=1S/C18H20N2O/c1-12(2)9-10-15-11-17(19-14(4)13(15)3)16-7-6-8-18(20-16)21-5/h6-11H,1H2,2-5H3. The largest absolute Gasteiger partial charge is 0.481 e. The van der Waals surface area contributed by atoms with Crippen LogP contribution in [-0.4, -0.2) is 17.1 Å². The molecule has 3 nitrogen and oxygen atoms in total. The second-order valence-electron chi connectivity index (χ2n) is 5.05. The number of aryl methyl sites for hydroxylation is 1. The predicted molar refractivity (Wildman–Crippen MR) is 87.3 cm³/mol. The van der Waals surface area contributed by atoms with Crippen LogP contribution in [0.1, 0.15) is 23.7 Å². The van der Waals surface area contributed by atoms with E-state index in [4.69, 9.17) is 4.74 Å². The molecule has 21 heavy (non-hydrogen) atoms. The van der Waals surface area contributed by atoms with E-state index < -0.39 is 0 Å². The van der Waals surface area contributed by atoms with Gasteiger partial charge in [-0.05, 0) is 44.0 Å². The Morgan fingerprint density at radius 3 is 2.62 bits per heavy atom. The normalized spacial score (nSPS) is 10.9. The number of aromatic nitrogens is 2. The zero-order valence-electron chi connectivity index (χ0n) is 13.0. The zero-order valence-corrected chi connectivity index (χ0v) is 13.0. The van der Waals surface area contributed by atoms with Crippen LogP contribution in [0.3, 0.4) is 0 Å². The molecule has 0 aliphatic carbocycles. The van der Waals surface area contributed by atoms with Crippen molar-refractivity contribution in [2.45, 2.75) is 20.8 Å². The Morgan fingerprint density at radius 1 is 1.19 bits per heavy atom. The molecule has 0 spiro atoms. The molecule has 0 bridgehead atoms. The molecule has 3 heteroatoms. The maximum Gasteiger partial charge on any atom is 0.213 e. The van der Waals surface area contributed by atoms with E-state index in [0.717, 1.165) is 28.2 Å². The van der Waals surface area contributed by atoms with Gasteiger partial charge in [0.25, 0.3) is 0 Å². The Bertz CT molecular complexity index is 702. The fraction of sp³-hybridized carbons (Fsp3) is 0.222. The minimum atomic E-state index is 0.589. The molecule has 0 aliphatic rings. The van der Waals surface area contributed by atoms with Crippen molar-refractivity contribution in [2.24, 2.45) is 0 Å². The van der Waals surface area contributed by atoms with E-state index in [9.17, 15) is 0 Å². The average Bonchev–Trinajstić information content (AvgIpc) is 2.48. The van der Waals surface area contributed by atoms with Crippen LogP contribution in [0.5, 0.6) is 5.88 Å². The molecule has 0 saturated carbocycles. The Labute approximate surface area is 126 Å². The molecule has 0 amide bonds. The van der Waals surface area contributed by atoms with Crippen LogP contribution in [-0.2, 0) is 0 Å². The molecule has 2 aromatic rings. The smallest absolute Gasteiger partial charge is 0.213 e. The van der Waals surface area contributed by atoms with Gasteiger partial charge in [0.1, 0.15) is 0 Å². The lowest BCUT2D eigenvalue weighted by molar-refractivity contribution is 0.398. The first-order chi connectivity index (χ1) is 10.0. The summed E-state index contributed by atoms with van der Waals surface area (Å²) in [7, 11) is 1.61. The summed E-state index contributed by atoms with van der Waals surface area (Å²) in [4.78, 5) is 9.07. The average molecular weight is 280 g/mol. The summed E-state index contributed by atoms with van der Waals surface area (Å²) in [5.41, 5.74) is 5.97. The highest BCUT2D eigenvalue weighted by Gasteiger charge is 2.08. The minimum absolute atomic E-state index is 0.589. The van der Waals surface area contributed by atoms with Gasteiger partial charge in [-0.15, -0.1) is 0 Å². The molecule has 0 aliphatic heterocycles. The molecule has 0 radical (unpaired) electrons. The van der Waals surface area contributed by atoms with E-state index in [1.165, 1.54) is 5.56 Å². The summed E-state index contributed by atoms with van der Waals surface area (Å²) < 4.78 is 5.18. The maximum atomic E-state index is 5.18. The van der Waals surface area contributed by atoms with Crippen LogP contribution >= 0.6 is 0 Å². The molecule has 0 fully saturated rings. The summed E-state index contributed by atoms with van der Waals surface area (Å²) in [6, 6.07) is 7.73. The van der Waals surface area contributed by atoms with Crippen molar-refractivity contribution in [3.05, 3.63) is 59.3 Å². The summed E-state index contributed by atoms with van der Waals surface area (Å²) in [6.45, 7) is 9.95. The lowest BCUT2D eigenvalue weighted by Crippen LogP contribution is -1.97. The van der Waals surface area contributed by atoms with E-state index in [1.807, 2.05) is 44.2 Å². The molecule has 0 N–H and O–H groups in total. The van der Waals surface area contributed by atoms with Gasteiger partial charge < -0.3 is 4.74 Å². The quantitative estimate of drug-likeness (QED) is 0.781. The number of hydrogen-bond donors (Lipinski definition) is 0. The van der Waals surface area contributed by atoms with E-state index in [1.54, 1.807) is 7.11 Å². The predicted octanol–water partition coefficient (Wildman–Crippen LogP) is 4.36. The summed E-state index contributed by atoms with van der Waals surface area (Å²) in [5.74, 6) is 0.589. The van der Waals surface area contributed by atoms with Crippen LogP contribution in [0.25, 0.3) is 17.5 Å². The van der Waals surface area contributed by atoms with Gasteiger partial charge in [-0.25, -0.2) is 4.98 Å². The van der Waals surface area contributed by atoms with Gasteiger partial charge in [-0.3, -0.25) is 4.98 Å². The number of pyridine rings is 2. The van der Waals surface area contributed by atoms with E-state index in [2.05, 4.69) is 29.5 Å². The van der Waals surface area contributed by atoms with Crippen molar-refractivity contribution < 1.29 is 4.74 Å². The van der Waals surface area contributed by atoms with Crippen molar-refractivity contribution in [1.82, 2.24) is 9.97 Å². The molecular weight excluding hydrogens is 260 g/mol. The molecule has 2 aromatic heterocycles. The molecule has 2 heterocycles. The lowest BCUT2D eigenvalue weighted by atomic mass is 10.0. The van der Waals surface area contributed by atoms with E-state index in [0.29, 0.717) is 5.88 Å². The Morgan fingerprint density at radius 2 is 1.95 bits per heavy atom. The van der Waals surface area contributed by atoms with Crippen molar-refractivity contribution >= 4 is 6.08 Å². The number of hydrogen-bond acceptors (Lipinski definition) is 3. The molecule has 0 atom stereocenters.